The Morgan fingerprint density at radius 1 is 0.800 bits per heavy atom. The van der Waals surface area contributed by atoms with E-state index in [9.17, 15) is 0 Å². The van der Waals surface area contributed by atoms with Crippen LogP contribution in [0.3, 0.4) is 0 Å². The quantitative estimate of drug-likeness (QED) is 0.641. The van der Waals surface area contributed by atoms with Gasteiger partial charge in [-0.25, -0.2) is 0 Å². The molecule has 0 amide bonds. The van der Waals surface area contributed by atoms with E-state index in [0.717, 1.165) is 13.1 Å². The molecule has 0 radical (unpaired) electrons. The standard InChI is InChI=1S/C10H18N2.2ClH.Ru/c1-3-7-11-9(5-1)10-6-2-4-8-12-10;;;/h9-10H,1-8H2;2*1H;/q-2;;;+4/p-2. The second-order valence-corrected chi connectivity index (χ2v) is 6.63. The fourth-order valence-corrected chi connectivity index (χ4v) is 2.26. The van der Waals surface area contributed by atoms with Crippen molar-refractivity contribution in [3.05, 3.63) is 10.6 Å². The van der Waals surface area contributed by atoms with Crippen LogP contribution < -0.4 is 0 Å². The van der Waals surface area contributed by atoms with Gasteiger partial charge in [-0.05, 0) is 0 Å². The normalized spacial score (nSPS) is 31.6. The maximum absolute atomic E-state index is 4.85. The van der Waals surface area contributed by atoms with Crippen molar-refractivity contribution in [3.8, 4) is 0 Å². The van der Waals surface area contributed by atoms with Gasteiger partial charge in [-0.1, -0.05) is 38.5 Å². The first-order chi connectivity index (χ1) is 7.38. The van der Waals surface area contributed by atoms with Crippen LogP contribution in [0.15, 0.2) is 0 Å². The van der Waals surface area contributed by atoms with Gasteiger partial charge in [0.15, 0.2) is 0 Å². The average molecular weight is 338 g/mol. The van der Waals surface area contributed by atoms with E-state index in [2.05, 4.69) is 10.6 Å². The Hall–Kier alpha value is 1.12. The summed E-state index contributed by atoms with van der Waals surface area (Å²) in [6.07, 6.45) is 7.97. The van der Waals surface area contributed by atoms with Crippen molar-refractivity contribution in [3.63, 3.8) is 0 Å². The maximum atomic E-state index is 4.85. The van der Waals surface area contributed by atoms with Gasteiger partial charge in [-0.15, -0.1) is 13.1 Å². The van der Waals surface area contributed by atoms with Crippen molar-refractivity contribution in [1.29, 1.82) is 0 Å². The molecule has 2 aliphatic rings. The van der Waals surface area contributed by atoms with E-state index < -0.39 is 0 Å². The van der Waals surface area contributed by atoms with Crippen LogP contribution in [0.5, 0.6) is 0 Å². The van der Waals surface area contributed by atoms with Crippen molar-refractivity contribution >= 4 is 19.4 Å². The molecule has 2 fully saturated rings. The first-order valence-electron chi connectivity index (χ1n) is 5.57. The van der Waals surface area contributed by atoms with Crippen LogP contribution in [0.1, 0.15) is 38.5 Å². The molecule has 2 aliphatic heterocycles. The molecule has 2 saturated heterocycles. The Labute approximate surface area is 109 Å². The Morgan fingerprint density at radius 3 is 1.47 bits per heavy atom. The molecule has 0 aliphatic carbocycles. The van der Waals surface area contributed by atoms with E-state index in [4.69, 9.17) is 19.4 Å². The molecule has 0 aromatic rings. The van der Waals surface area contributed by atoms with E-state index in [1.54, 1.807) is 0 Å². The number of rotatable bonds is 1. The zero-order valence-electron chi connectivity index (χ0n) is 8.82. The molecule has 0 aromatic carbocycles. The van der Waals surface area contributed by atoms with Gasteiger partial charge in [0, 0.05) is 0 Å². The number of halogens is 2. The van der Waals surface area contributed by atoms with Crippen molar-refractivity contribution in [2.24, 2.45) is 0 Å². The van der Waals surface area contributed by atoms with Crippen LogP contribution in [0, 0.1) is 0 Å². The molecule has 2 rings (SSSR count). The molecule has 90 valence electrons. The molecule has 2 heterocycles. The molecule has 2 unspecified atom stereocenters. The van der Waals surface area contributed by atoms with Crippen LogP contribution >= 0.6 is 19.4 Å². The van der Waals surface area contributed by atoms with Crippen molar-refractivity contribution < 1.29 is 15.1 Å². The van der Waals surface area contributed by atoms with Gasteiger partial charge in [0.1, 0.15) is 0 Å². The summed E-state index contributed by atoms with van der Waals surface area (Å²) in [4.78, 5) is 0. The molecule has 0 aromatic heterocycles. The van der Waals surface area contributed by atoms with E-state index >= 15 is 0 Å². The second-order valence-electron chi connectivity index (χ2n) is 3.99. The molecule has 2 nitrogen and oxygen atoms in total. The fourth-order valence-electron chi connectivity index (χ4n) is 2.26. The van der Waals surface area contributed by atoms with E-state index in [0.29, 0.717) is 12.1 Å². The molecule has 0 N–H and O–H groups in total. The molecule has 15 heavy (non-hydrogen) atoms. The molecular weight excluding hydrogens is 320 g/mol. The van der Waals surface area contributed by atoms with Gasteiger partial charge in [0.25, 0.3) is 0 Å². The zero-order valence-corrected chi connectivity index (χ0v) is 12.1. The Balaban J connectivity index is 0.000000337. The summed E-state index contributed by atoms with van der Waals surface area (Å²) < 4.78 is 0. The predicted octanol–water partition coefficient (Wildman–Crippen LogP) is 4.22. The number of hydrogen-bond donors (Lipinski definition) is 0. The third kappa shape index (κ3) is 5.84. The summed E-state index contributed by atoms with van der Waals surface area (Å²) in [5.74, 6) is 0. The second kappa shape index (κ2) is 9.18. The average Bonchev–Trinajstić information content (AvgIpc) is 2.32. The van der Waals surface area contributed by atoms with Crippen molar-refractivity contribution in [1.82, 2.24) is 0 Å². The first-order valence-corrected chi connectivity index (χ1v) is 10.0. The summed E-state index contributed by atoms with van der Waals surface area (Å²) in [5.41, 5.74) is 0. The molecule has 0 spiro atoms. The molecule has 5 heteroatoms. The van der Waals surface area contributed by atoms with E-state index in [1.807, 2.05) is 0 Å². The van der Waals surface area contributed by atoms with Gasteiger partial charge >= 0.3 is 34.5 Å². The molecular formula is C10H18Cl2N2Ru. The van der Waals surface area contributed by atoms with E-state index in [-0.39, 0.29) is 15.1 Å². The first kappa shape index (κ1) is 14.2. The van der Waals surface area contributed by atoms with Crippen molar-refractivity contribution in [2.45, 2.75) is 50.6 Å². The summed E-state index contributed by atoms with van der Waals surface area (Å²) in [5, 5.41) is 9.32. The molecule has 0 saturated carbocycles. The van der Waals surface area contributed by atoms with Crippen LogP contribution in [0.4, 0.5) is 0 Å². The Bertz CT molecular complexity index is 132. The summed E-state index contributed by atoms with van der Waals surface area (Å²) >= 11 is -0.346. The topological polar surface area (TPSA) is 28.2 Å². The Kier molecular flexibility index (Phi) is 8.69. The van der Waals surface area contributed by atoms with Gasteiger partial charge in [-0.2, -0.15) is 12.1 Å². The van der Waals surface area contributed by atoms with Gasteiger partial charge in [0.05, 0.1) is 0 Å². The minimum atomic E-state index is -0.346. The SMILES string of the molecule is C1CCC(C2CCCC[N-]2)[N-]C1.[Cl][Ru+2][Cl]. The monoisotopic (exact) mass is 338 g/mol. The summed E-state index contributed by atoms with van der Waals surface area (Å²) in [6, 6.07) is 1.19. The van der Waals surface area contributed by atoms with E-state index in [1.165, 1.54) is 38.5 Å². The Morgan fingerprint density at radius 2 is 1.20 bits per heavy atom. The molecule has 0 bridgehead atoms. The summed E-state index contributed by atoms with van der Waals surface area (Å²) in [7, 11) is 9.71. The van der Waals surface area contributed by atoms with Crippen LogP contribution in [0.2, 0.25) is 0 Å². The van der Waals surface area contributed by atoms with Gasteiger partial charge < -0.3 is 10.6 Å². The predicted molar refractivity (Wildman–Crippen MR) is 63.4 cm³/mol. The minimum absolute atomic E-state index is 0.346. The van der Waals surface area contributed by atoms with Crippen LogP contribution in [-0.2, 0) is 15.1 Å². The molecule has 2 atom stereocenters. The number of hydrogen-bond acceptors (Lipinski definition) is 0. The number of piperidine rings is 2. The third-order valence-electron chi connectivity index (χ3n) is 2.99. The van der Waals surface area contributed by atoms with Crippen LogP contribution in [-0.4, -0.2) is 25.2 Å². The number of nitrogens with zero attached hydrogens (tertiary/aromatic N) is 2. The van der Waals surface area contributed by atoms with Crippen molar-refractivity contribution in [2.75, 3.05) is 13.1 Å². The van der Waals surface area contributed by atoms with Gasteiger partial charge in [0.2, 0.25) is 0 Å². The third-order valence-corrected chi connectivity index (χ3v) is 2.99. The van der Waals surface area contributed by atoms with Crippen LogP contribution in [0.25, 0.3) is 10.6 Å². The van der Waals surface area contributed by atoms with Gasteiger partial charge in [-0.3, -0.25) is 0 Å². The summed E-state index contributed by atoms with van der Waals surface area (Å²) in [6.45, 7) is 2.19. The zero-order chi connectivity index (χ0) is 10.9. The fraction of sp³-hybridized carbons (Fsp3) is 1.00.